The minimum atomic E-state index is 0.985. The van der Waals surface area contributed by atoms with E-state index in [4.69, 9.17) is 0 Å². The molecule has 0 aliphatic heterocycles. The van der Waals surface area contributed by atoms with Crippen LogP contribution in [-0.4, -0.2) is 5.33 Å². The maximum absolute atomic E-state index is 3.66. The first-order valence-corrected chi connectivity index (χ1v) is 3.97. The fraction of sp³-hybridized carbons (Fsp3) is 0.250. The lowest BCUT2D eigenvalue weighted by Gasteiger charge is -1.92. The molecule has 0 aromatic rings. The van der Waals surface area contributed by atoms with E-state index in [2.05, 4.69) is 29.1 Å². The zero-order chi connectivity index (χ0) is 7.11. The summed E-state index contributed by atoms with van der Waals surface area (Å²) < 4.78 is 0. The molecule has 0 bridgehead atoms. The van der Waals surface area contributed by atoms with Crippen LogP contribution in [0.1, 0.15) is 6.42 Å². The number of alkyl halides is 1. The maximum atomic E-state index is 3.66. The second-order valence-corrected chi connectivity index (χ2v) is 2.41. The van der Waals surface area contributed by atoms with Gasteiger partial charge in [-0.05, 0) is 12.0 Å². The Morgan fingerprint density at radius 2 is 2.11 bits per heavy atom. The van der Waals surface area contributed by atoms with Crippen LogP contribution < -0.4 is 0 Å². The van der Waals surface area contributed by atoms with Gasteiger partial charge >= 0.3 is 0 Å². The van der Waals surface area contributed by atoms with Crippen molar-refractivity contribution in [1.82, 2.24) is 0 Å². The Kier molecular flexibility index (Phi) is 5.64. The molecule has 0 spiro atoms. The minimum absolute atomic E-state index is 0.985. The molecule has 0 fully saturated rings. The Bertz CT molecular complexity index is 123. The highest BCUT2D eigenvalue weighted by atomic mass is 79.9. The summed E-state index contributed by atoms with van der Waals surface area (Å²) in [7, 11) is 0. The van der Waals surface area contributed by atoms with E-state index in [0.29, 0.717) is 0 Å². The molecule has 0 aliphatic rings. The van der Waals surface area contributed by atoms with Gasteiger partial charge in [-0.3, -0.25) is 0 Å². The quantitative estimate of drug-likeness (QED) is 0.468. The van der Waals surface area contributed by atoms with Crippen LogP contribution in [0, 0.1) is 0 Å². The monoisotopic (exact) mass is 186 g/mol. The van der Waals surface area contributed by atoms with Crippen LogP contribution in [-0.2, 0) is 0 Å². The smallest absolute Gasteiger partial charge is 0.00718 e. The maximum Gasteiger partial charge on any atom is 0.00718 e. The lowest BCUT2D eigenvalue weighted by atomic mass is 10.2. The highest BCUT2D eigenvalue weighted by Gasteiger charge is 1.85. The SMILES string of the molecule is C=C/C=C(\C=C)CCBr. The van der Waals surface area contributed by atoms with Crippen molar-refractivity contribution >= 4 is 15.9 Å². The lowest BCUT2D eigenvalue weighted by Crippen LogP contribution is -1.77. The zero-order valence-electron chi connectivity index (χ0n) is 5.44. The number of allylic oxidation sites excluding steroid dienone is 4. The lowest BCUT2D eigenvalue weighted by molar-refractivity contribution is 1.18. The van der Waals surface area contributed by atoms with Gasteiger partial charge in [0.1, 0.15) is 0 Å². The minimum Gasteiger partial charge on any atom is -0.0991 e. The molecule has 0 radical (unpaired) electrons. The first kappa shape index (κ1) is 8.70. The second-order valence-electron chi connectivity index (χ2n) is 1.62. The van der Waals surface area contributed by atoms with Crippen molar-refractivity contribution in [2.45, 2.75) is 6.42 Å². The molecule has 0 aromatic heterocycles. The first-order chi connectivity index (χ1) is 4.35. The van der Waals surface area contributed by atoms with Gasteiger partial charge in [0.25, 0.3) is 0 Å². The molecule has 0 saturated carbocycles. The van der Waals surface area contributed by atoms with Crippen molar-refractivity contribution in [3.63, 3.8) is 0 Å². The topological polar surface area (TPSA) is 0 Å². The highest BCUT2D eigenvalue weighted by Crippen LogP contribution is 2.04. The molecule has 0 atom stereocenters. The number of halogens is 1. The highest BCUT2D eigenvalue weighted by molar-refractivity contribution is 9.09. The molecule has 1 heteroatoms. The summed E-state index contributed by atoms with van der Waals surface area (Å²) >= 11 is 3.34. The van der Waals surface area contributed by atoms with Crippen molar-refractivity contribution in [2.75, 3.05) is 5.33 Å². The fourth-order valence-electron chi connectivity index (χ4n) is 0.514. The van der Waals surface area contributed by atoms with Crippen LogP contribution >= 0.6 is 15.9 Å². The number of hydrogen-bond donors (Lipinski definition) is 0. The Morgan fingerprint density at radius 1 is 1.44 bits per heavy atom. The van der Waals surface area contributed by atoms with Gasteiger partial charge in [-0.2, -0.15) is 0 Å². The summed E-state index contributed by atoms with van der Waals surface area (Å²) in [5, 5.41) is 0.985. The van der Waals surface area contributed by atoms with Crippen LogP contribution in [0.4, 0.5) is 0 Å². The number of rotatable bonds is 4. The average Bonchev–Trinajstić information content (AvgIpc) is 1.88. The molecule has 0 nitrogen and oxygen atoms in total. The van der Waals surface area contributed by atoms with Gasteiger partial charge in [0.15, 0.2) is 0 Å². The summed E-state index contributed by atoms with van der Waals surface area (Å²) in [5.74, 6) is 0. The van der Waals surface area contributed by atoms with Crippen molar-refractivity contribution in [2.24, 2.45) is 0 Å². The van der Waals surface area contributed by atoms with Crippen molar-refractivity contribution in [3.8, 4) is 0 Å². The molecular formula is C8H11Br. The van der Waals surface area contributed by atoms with Gasteiger partial charge in [0, 0.05) is 5.33 Å². The van der Waals surface area contributed by atoms with Crippen molar-refractivity contribution < 1.29 is 0 Å². The third-order valence-electron chi connectivity index (χ3n) is 0.977. The third kappa shape index (κ3) is 4.22. The van der Waals surface area contributed by atoms with E-state index >= 15 is 0 Å². The Hall–Kier alpha value is -0.300. The van der Waals surface area contributed by atoms with Gasteiger partial charge in [-0.1, -0.05) is 47.3 Å². The first-order valence-electron chi connectivity index (χ1n) is 2.85. The molecule has 0 amide bonds. The van der Waals surface area contributed by atoms with Crippen LogP contribution in [0.3, 0.4) is 0 Å². The largest absolute Gasteiger partial charge is 0.0991 e. The molecule has 0 heterocycles. The van der Waals surface area contributed by atoms with Gasteiger partial charge in [-0.15, -0.1) is 0 Å². The predicted molar refractivity (Wildman–Crippen MR) is 46.9 cm³/mol. The number of hydrogen-bond acceptors (Lipinski definition) is 0. The summed E-state index contributed by atoms with van der Waals surface area (Å²) in [5.41, 5.74) is 1.22. The summed E-state index contributed by atoms with van der Waals surface area (Å²) in [4.78, 5) is 0. The van der Waals surface area contributed by atoms with Gasteiger partial charge in [0.2, 0.25) is 0 Å². The molecule has 0 saturated heterocycles. The Morgan fingerprint density at radius 3 is 2.44 bits per heavy atom. The fourth-order valence-corrected chi connectivity index (χ4v) is 0.972. The molecular weight excluding hydrogens is 176 g/mol. The Balaban J connectivity index is 3.80. The molecule has 9 heavy (non-hydrogen) atoms. The van der Waals surface area contributed by atoms with Gasteiger partial charge < -0.3 is 0 Å². The molecule has 0 unspecified atom stereocenters. The standard InChI is InChI=1S/C8H11Br/c1-3-5-8(4-2)6-7-9/h3-5H,1-2,6-7H2/b8-5+. The van der Waals surface area contributed by atoms with Crippen LogP contribution in [0.25, 0.3) is 0 Å². The van der Waals surface area contributed by atoms with E-state index in [0.717, 1.165) is 11.8 Å². The van der Waals surface area contributed by atoms with E-state index in [9.17, 15) is 0 Å². The summed E-state index contributed by atoms with van der Waals surface area (Å²) in [6.07, 6.45) is 6.62. The summed E-state index contributed by atoms with van der Waals surface area (Å²) in [6.45, 7) is 7.25. The molecule has 0 aromatic carbocycles. The van der Waals surface area contributed by atoms with E-state index in [1.54, 1.807) is 6.08 Å². The second kappa shape index (κ2) is 5.83. The van der Waals surface area contributed by atoms with Crippen LogP contribution in [0.15, 0.2) is 37.0 Å². The van der Waals surface area contributed by atoms with E-state index < -0.39 is 0 Å². The van der Waals surface area contributed by atoms with Crippen molar-refractivity contribution in [3.05, 3.63) is 37.0 Å². The van der Waals surface area contributed by atoms with Gasteiger partial charge in [-0.25, -0.2) is 0 Å². The molecule has 0 N–H and O–H groups in total. The predicted octanol–water partition coefficient (Wildman–Crippen LogP) is 3.07. The average molecular weight is 187 g/mol. The summed E-state index contributed by atoms with van der Waals surface area (Å²) in [6, 6.07) is 0. The van der Waals surface area contributed by atoms with E-state index in [-0.39, 0.29) is 0 Å². The van der Waals surface area contributed by atoms with E-state index in [1.165, 1.54) is 5.57 Å². The molecule has 0 aliphatic carbocycles. The Labute approximate surface area is 65.1 Å². The molecule has 50 valence electrons. The van der Waals surface area contributed by atoms with Gasteiger partial charge in [0.05, 0.1) is 0 Å². The normalized spacial score (nSPS) is 11.0. The van der Waals surface area contributed by atoms with Crippen LogP contribution in [0.5, 0.6) is 0 Å². The van der Waals surface area contributed by atoms with Crippen LogP contribution in [0.2, 0.25) is 0 Å². The van der Waals surface area contributed by atoms with Crippen molar-refractivity contribution in [1.29, 1.82) is 0 Å². The zero-order valence-corrected chi connectivity index (χ0v) is 7.02. The third-order valence-corrected chi connectivity index (χ3v) is 1.37. The molecule has 0 rings (SSSR count). The van der Waals surface area contributed by atoms with E-state index in [1.807, 2.05) is 12.2 Å².